The van der Waals surface area contributed by atoms with Crippen molar-refractivity contribution in [2.75, 3.05) is 19.7 Å². The number of rotatable bonds is 6. The summed E-state index contributed by atoms with van der Waals surface area (Å²) >= 11 is 1.60. The smallest absolute Gasteiger partial charge is 0.165 e. The molecule has 30 heavy (non-hydrogen) atoms. The van der Waals surface area contributed by atoms with E-state index in [1.807, 2.05) is 6.92 Å². The van der Waals surface area contributed by atoms with Gasteiger partial charge in [-0.2, -0.15) is 0 Å². The molecule has 1 aliphatic carbocycles. The quantitative estimate of drug-likeness (QED) is 0.680. The number of hydrogen-bond acceptors (Lipinski definition) is 5. The zero-order chi connectivity index (χ0) is 21.0. The van der Waals surface area contributed by atoms with Crippen LogP contribution in [0.5, 0.6) is 5.75 Å². The van der Waals surface area contributed by atoms with Crippen molar-refractivity contribution in [2.45, 2.75) is 76.4 Å². The Kier molecular flexibility index (Phi) is 7.06. The summed E-state index contributed by atoms with van der Waals surface area (Å²) in [6.07, 6.45) is 9.87. The Morgan fingerprint density at radius 1 is 1.17 bits per heavy atom. The summed E-state index contributed by atoms with van der Waals surface area (Å²) in [6.45, 7) is 4.43. The average Bonchev–Trinajstić information content (AvgIpc) is 3.01. The minimum absolute atomic E-state index is 0.282. The van der Waals surface area contributed by atoms with Crippen LogP contribution < -0.4 is 4.74 Å². The van der Waals surface area contributed by atoms with Crippen molar-refractivity contribution >= 4 is 11.3 Å². The summed E-state index contributed by atoms with van der Waals surface area (Å²) in [5, 5.41) is 12.3. The first-order valence-corrected chi connectivity index (χ1v) is 12.2. The van der Waals surface area contributed by atoms with Crippen molar-refractivity contribution in [3.8, 4) is 5.75 Å². The summed E-state index contributed by atoms with van der Waals surface area (Å²) in [4.78, 5) is 8.47. The molecule has 4 nitrogen and oxygen atoms in total. The number of aliphatic hydroxyl groups is 1. The first-order valence-electron chi connectivity index (χ1n) is 11.4. The lowest BCUT2D eigenvalue weighted by molar-refractivity contribution is 0.0188. The molecule has 2 fully saturated rings. The van der Waals surface area contributed by atoms with Gasteiger partial charge in [-0.3, -0.25) is 0 Å². The van der Waals surface area contributed by atoms with Gasteiger partial charge in [0.1, 0.15) is 10.6 Å². The van der Waals surface area contributed by atoms with E-state index in [9.17, 15) is 9.50 Å². The van der Waals surface area contributed by atoms with Crippen molar-refractivity contribution in [2.24, 2.45) is 0 Å². The molecule has 4 rings (SSSR count). The van der Waals surface area contributed by atoms with Gasteiger partial charge in [-0.15, -0.1) is 11.3 Å². The molecule has 0 bridgehead atoms. The lowest BCUT2D eigenvalue weighted by Crippen LogP contribution is -2.38. The van der Waals surface area contributed by atoms with Crippen molar-refractivity contribution < 1.29 is 14.2 Å². The molecule has 6 heteroatoms. The molecule has 2 aromatic rings. The fraction of sp³-hybridized carbons (Fsp3) is 0.625. The van der Waals surface area contributed by atoms with Crippen molar-refractivity contribution in [1.29, 1.82) is 0 Å². The highest BCUT2D eigenvalue weighted by molar-refractivity contribution is 7.11. The van der Waals surface area contributed by atoms with Crippen molar-refractivity contribution in [1.82, 2.24) is 9.88 Å². The maximum atomic E-state index is 13.7. The molecule has 0 unspecified atom stereocenters. The molecule has 1 aromatic carbocycles. The fourth-order valence-corrected chi connectivity index (χ4v) is 6.03. The van der Waals surface area contributed by atoms with Gasteiger partial charge in [-0.1, -0.05) is 31.4 Å². The van der Waals surface area contributed by atoms with Crippen molar-refractivity contribution in [3.05, 3.63) is 45.7 Å². The van der Waals surface area contributed by atoms with E-state index >= 15 is 0 Å². The van der Waals surface area contributed by atoms with Crippen LogP contribution in [0.2, 0.25) is 0 Å². The molecule has 0 amide bonds. The number of aromatic nitrogens is 1. The number of nitrogens with zero attached hydrogens (tertiary/aromatic N) is 2. The molecular weight excluding hydrogens is 399 g/mol. The molecule has 2 heterocycles. The molecule has 164 valence electrons. The summed E-state index contributed by atoms with van der Waals surface area (Å²) in [7, 11) is 0. The van der Waals surface area contributed by atoms with E-state index in [-0.39, 0.29) is 11.6 Å². The van der Waals surface area contributed by atoms with Crippen LogP contribution in [0.4, 0.5) is 4.39 Å². The minimum Gasteiger partial charge on any atom is -0.490 e. The molecular formula is C24H33FN2O2S. The van der Waals surface area contributed by atoms with Gasteiger partial charge in [-0.25, -0.2) is 9.37 Å². The van der Waals surface area contributed by atoms with E-state index in [1.165, 1.54) is 38.2 Å². The van der Waals surface area contributed by atoms with Crippen LogP contribution in [0.25, 0.3) is 0 Å². The van der Waals surface area contributed by atoms with Gasteiger partial charge < -0.3 is 14.7 Å². The van der Waals surface area contributed by atoms with Crippen LogP contribution in [-0.2, 0) is 12.0 Å². The van der Waals surface area contributed by atoms with E-state index < -0.39 is 5.60 Å². The summed E-state index contributed by atoms with van der Waals surface area (Å²) < 4.78 is 19.3. The molecule has 1 aromatic heterocycles. The molecule has 0 radical (unpaired) electrons. The van der Waals surface area contributed by atoms with Crippen LogP contribution in [0, 0.1) is 12.7 Å². The first kappa shape index (κ1) is 21.7. The van der Waals surface area contributed by atoms with Crippen LogP contribution in [0.3, 0.4) is 0 Å². The first-order chi connectivity index (χ1) is 14.5. The monoisotopic (exact) mass is 432 g/mol. The van der Waals surface area contributed by atoms with Crippen LogP contribution in [0.15, 0.2) is 24.3 Å². The summed E-state index contributed by atoms with van der Waals surface area (Å²) in [5.74, 6) is -0.0559. The Morgan fingerprint density at radius 3 is 2.77 bits per heavy atom. The maximum Gasteiger partial charge on any atom is 0.165 e. The Balaban J connectivity index is 1.37. The summed E-state index contributed by atoms with van der Waals surface area (Å²) in [5.41, 5.74) is 0.123. The maximum absolute atomic E-state index is 13.7. The standard InChI is InChI=1S/C24H33FN2O2S/c1-18-22(12-17-29-21-11-6-5-10-20(21)25)30-23(26-18)24(28)13-7-15-27(16-14-24)19-8-3-2-4-9-19/h5-6,10-11,19,28H,2-4,7-9,12-17H2,1H3/t24-/m0/s1. The molecule has 0 spiro atoms. The van der Waals surface area contributed by atoms with E-state index in [2.05, 4.69) is 4.90 Å². The number of benzene rings is 1. The van der Waals surface area contributed by atoms with Gasteiger partial charge in [0.25, 0.3) is 0 Å². The second-order valence-electron chi connectivity index (χ2n) is 8.77. The van der Waals surface area contributed by atoms with Gasteiger partial charge in [0, 0.05) is 23.9 Å². The number of hydrogen-bond donors (Lipinski definition) is 1. The zero-order valence-corrected chi connectivity index (χ0v) is 18.7. The lowest BCUT2D eigenvalue weighted by Gasteiger charge is -2.33. The second kappa shape index (κ2) is 9.75. The molecule has 1 N–H and O–H groups in total. The Morgan fingerprint density at radius 2 is 1.97 bits per heavy atom. The largest absolute Gasteiger partial charge is 0.490 e. The number of thiazole rings is 1. The van der Waals surface area contributed by atoms with Gasteiger partial charge >= 0.3 is 0 Å². The predicted molar refractivity (Wildman–Crippen MR) is 119 cm³/mol. The highest BCUT2D eigenvalue weighted by atomic mass is 32.1. The van der Waals surface area contributed by atoms with Crippen LogP contribution in [-0.4, -0.2) is 40.7 Å². The molecule has 1 saturated heterocycles. The number of para-hydroxylation sites is 1. The van der Waals surface area contributed by atoms with E-state index in [0.29, 0.717) is 19.1 Å². The third kappa shape index (κ3) is 5.04. The highest BCUT2D eigenvalue weighted by Gasteiger charge is 2.36. The average molecular weight is 433 g/mol. The Hall–Kier alpha value is -1.50. The van der Waals surface area contributed by atoms with Gasteiger partial charge in [0.15, 0.2) is 11.6 Å². The van der Waals surface area contributed by atoms with Gasteiger partial charge in [0.05, 0.1) is 12.3 Å². The SMILES string of the molecule is Cc1nc([C@]2(O)CCCN(C3CCCCC3)CC2)sc1CCOc1ccccc1F. The topological polar surface area (TPSA) is 45.6 Å². The minimum atomic E-state index is -0.830. The lowest BCUT2D eigenvalue weighted by atomic mass is 9.93. The van der Waals surface area contributed by atoms with Gasteiger partial charge in [-0.05, 0) is 57.7 Å². The normalized spacial score (nSPS) is 24.0. The van der Waals surface area contributed by atoms with Crippen molar-refractivity contribution in [3.63, 3.8) is 0 Å². The van der Waals surface area contributed by atoms with Crippen LogP contribution in [0.1, 0.15) is 66.9 Å². The van der Waals surface area contributed by atoms with E-state index in [1.54, 1.807) is 29.5 Å². The van der Waals surface area contributed by atoms with E-state index in [0.717, 1.165) is 47.9 Å². The third-order valence-electron chi connectivity index (χ3n) is 6.65. The number of ether oxygens (including phenoxy) is 1. The number of aryl methyl sites for hydroxylation is 1. The highest BCUT2D eigenvalue weighted by Crippen LogP contribution is 2.38. The fourth-order valence-electron chi connectivity index (χ4n) is 4.84. The molecule has 2 aliphatic rings. The molecule has 1 aliphatic heterocycles. The zero-order valence-electron chi connectivity index (χ0n) is 17.9. The predicted octanol–water partition coefficient (Wildman–Crippen LogP) is 5.22. The molecule has 1 saturated carbocycles. The Labute approximate surface area is 183 Å². The van der Waals surface area contributed by atoms with E-state index in [4.69, 9.17) is 9.72 Å². The number of likely N-dealkylation sites (tertiary alicyclic amines) is 1. The van der Waals surface area contributed by atoms with Crippen LogP contribution >= 0.6 is 11.3 Å². The number of halogens is 1. The Bertz CT molecular complexity index is 836. The third-order valence-corrected chi connectivity index (χ3v) is 8.06. The van der Waals surface area contributed by atoms with Gasteiger partial charge in [0.2, 0.25) is 0 Å². The second-order valence-corrected chi connectivity index (χ2v) is 9.85. The molecule has 1 atom stereocenters. The summed E-state index contributed by atoms with van der Waals surface area (Å²) in [6, 6.07) is 7.18.